The van der Waals surface area contributed by atoms with Crippen LogP contribution in [0.5, 0.6) is 0 Å². The molecule has 2 fully saturated rings. The number of likely N-dealkylation sites (tertiary alicyclic amines) is 1. The first-order valence-electron chi connectivity index (χ1n) is 6.78. The molecule has 0 spiro atoms. The van der Waals surface area contributed by atoms with Crippen LogP contribution in [0.1, 0.15) is 24.3 Å². The van der Waals surface area contributed by atoms with Crippen LogP contribution in [0.15, 0.2) is 30.3 Å². The van der Waals surface area contributed by atoms with Crippen LogP contribution in [0.2, 0.25) is 0 Å². The summed E-state index contributed by atoms with van der Waals surface area (Å²) in [4.78, 5) is 14.3. The topological polar surface area (TPSA) is 29.5 Å². The third kappa shape index (κ3) is 2.27. The fourth-order valence-electron chi connectivity index (χ4n) is 3.03. The van der Waals surface area contributed by atoms with Gasteiger partial charge in [0.1, 0.15) is 0 Å². The molecule has 3 rings (SSSR count). The highest BCUT2D eigenvalue weighted by Crippen LogP contribution is 2.33. The Balaban J connectivity index is 1.74. The molecular weight excluding hydrogens is 226 g/mol. The minimum absolute atomic E-state index is 0.0178. The normalized spacial score (nSPS) is 28.6. The molecule has 1 aromatic carbocycles. The number of rotatable bonds is 3. The number of benzene rings is 1. The lowest BCUT2D eigenvalue weighted by atomic mass is 9.88. The Morgan fingerprint density at radius 1 is 1.17 bits per heavy atom. The van der Waals surface area contributed by atoms with E-state index in [1.807, 2.05) is 18.2 Å². The van der Waals surface area contributed by atoms with Crippen LogP contribution in [-0.4, -0.2) is 37.1 Å². The highest BCUT2D eigenvalue weighted by molar-refractivity contribution is 5.76. The maximum atomic E-state index is 11.9. The van der Waals surface area contributed by atoms with Gasteiger partial charge in [-0.15, -0.1) is 0 Å². The van der Waals surface area contributed by atoms with E-state index in [1.54, 1.807) is 0 Å². The summed E-state index contributed by atoms with van der Waals surface area (Å²) >= 11 is 0. The van der Waals surface area contributed by atoms with E-state index in [9.17, 15) is 4.79 Å². The van der Waals surface area contributed by atoms with Gasteiger partial charge in [-0.3, -0.25) is 4.79 Å². The number of nitrogens with zero attached hydrogens (tertiary/aromatic N) is 1. The Bertz CT molecular complexity index is 412. The van der Waals surface area contributed by atoms with Crippen molar-refractivity contribution in [1.82, 2.24) is 4.90 Å². The van der Waals surface area contributed by atoms with Gasteiger partial charge in [-0.2, -0.15) is 0 Å². The predicted octanol–water partition coefficient (Wildman–Crippen LogP) is 2.04. The van der Waals surface area contributed by atoms with Gasteiger partial charge < -0.3 is 9.64 Å². The molecule has 2 saturated heterocycles. The predicted molar refractivity (Wildman–Crippen MR) is 69.3 cm³/mol. The van der Waals surface area contributed by atoms with E-state index in [0.717, 1.165) is 19.6 Å². The molecule has 0 amide bonds. The van der Waals surface area contributed by atoms with Crippen molar-refractivity contribution in [3.8, 4) is 0 Å². The van der Waals surface area contributed by atoms with E-state index in [2.05, 4.69) is 17.0 Å². The van der Waals surface area contributed by atoms with Crippen molar-refractivity contribution in [2.24, 2.45) is 5.92 Å². The summed E-state index contributed by atoms with van der Waals surface area (Å²) in [6.45, 7) is 3.66. The van der Waals surface area contributed by atoms with Gasteiger partial charge >= 0.3 is 5.97 Å². The number of esters is 1. The Kier molecular flexibility index (Phi) is 3.33. The first kappa shape index (κ1) is 11.7. The van der Waals surface area contributed by atoms with Crippen molar-refractivity contribution < 1.29 is 9.53 Å². The Morgan fingerprint density at radius 2 is 1.89 bits per heavy atom. The van der Waals surface area contributed by atoms with Crippen LogP contribution in [0.4, 0.5) is 0 Å². The lowest BCUT2D eigenvalue weighted by Crippen LogP contribution is -2.31. The largest absolute Gasteiger partial charge is 0.465 e. The molecule has 2 atom stereocenters. The van der Waals surface area contributed by atoms with E-state index in [4.69, 9.17) is 4.74 Å². The maximum absolute atomic E-state index is 11.9. The summed E-state index contributed by atoms with van der Waals surface area (Å²) in [6.07, 6.45) is 2.52. The second-order valence-corrected chi connectivity index (χ2v) is 5.26. The van der Waals surface area contributed by atoms with Crippen LogP contribution >= 0.6 is 0 Å². The lowest BCUT2D eigenvalue weighted by Gasteiger charge is -2.21. The molecule has 0 aromatic heterocycles. The van der Waals surface area contributed by atoms with Gasteiger partial charge in [0.2, 0.25) is 0 Å². The standard InChI is InChI=1S/C15H19NO2/c17-15-13(10-16-8-4-5-9-16)14(11-18-15)12-6-2-1-3-7-12/h1-3,6-7,13-14H,4-5,8-11H2. The van der Waals surface area contributed by atoms with Crippen molar-refractivity contribution in [3.05, 3.63) is 35.9 Å². The maximum Gasteiger partial charge on any atom is 0.311 e. The van der Waals surface area contributed by atoms with Gasteiger partial charge in [0.15, 0.2) is 0 Å². The second kappa shape index (κ2) is 5.11. The first-order chi connectivity index (χ1) is 8.84. The monoisotopic (exact) mass is 245 g/mol. The van der Waals surface area contributed by atoms with E-state index >= 15 is 0 Å². The molecule has 2 unspecified atom stereocenters. The molecule has 0 N–H and O–H groups in total. The van der Waals surface area contributed by atoms with Crippen molar-refractivity contribution in [2.75, 3.05) is 26.2 Å². The van der Waals surface area contributed by atoms with Crippen molar-refractivity contribution in [3.63, 3.8) is 0 Å². The smallest absolute Gasteiger partial charge is 0.311 e. The summed E-state index contributed by atoms with van der Waals surface area (Å²) in [6, 6.07) is 10.3. The summed E-state index contributed by atoms with van der Waals surface area (Å²) in [5.41, 5.74) is 1.23. The molecule has 1 aromatic rings. The van der Waals surface area contributed by atoms with E-state index in [-0.39, 0.29) is 17.8 Å². The van der Waals surface area contributed by atoms with Crippen LogP contribution < -0.4 is 0 Å². The Hall–Kier alpha value is -1.35. The summed E-state index contributed by atoms with van der Waals surface area (Å²) in [5.74, 6) is 0.237. The molecule has 3 nitrogen and oxygen atoms in total. The third-order valence-electron chi connectivity index (χ3n) is 4.07. The van der Waals surface area contributed by atoms with Crippen LogP contribution in [0.25, 0.3) is 0 Å². The molecule has 96 valence electrons. The molecule has 2 heterocycles. The number of cyclic esters (lactones) is 1. The van der Waals surface area contributed by atoms with Crippen LogP contribution in [-0.2, 0) is 9.53 Å². The van der Waals surface area contributed by atoms with E-state index in [0.29, 0.717) is 6.61 Å². The third-order valence-corrected chi connectivity index (χ3v) is 4.07. The molecule has 2 aliphatic heterocycles. The van der Waals surface area contributed by atoms with Gasteiger partial charge in [-0.05, 0) is 31.5 Å². The fourth-order valence-corrected chi connectivity index (χ4v) is 3.03. The second-order valence-electron chi connectivity index (χ2n) is 5.26. The van der Waals surface area contributed by atoms with E-state index in [1.165, 1.54) is 18.4 Å². The zero-order chi connectivity index (χ0) is 12.4. The first-order valence-corrected chi connectivity index (χ1v) is 6.78. The van der Waals surface area contributed by atoms with Crippen molar-refractivity contribution >= 4 is 5.97 Å². The number of carbonyl (C=O) groups excluding carboxylic acids is 1. The molecule has 0 radical (unpaired) electrons. The molecule has 18 heavy (non-hydrogen) atoms. The van der Waals surface area contributed by atoms with Gasteiger partial charge in [0.25, 0.3) is 0 Å². The summed E-state index contributed by atoms with van der Waals surface area (Å²) in [5, 5.41) is 0. The fraction of sp³-hybridized carbons (Fsp3) is 0.533. The average molecular weight is 245 g/mol. The number of carbonyl (C=O) groups is 1. The average Bonchev–Trinajstić information content (AvgIpc) is 3.03. The van der Waals surface area contributed by atoms with Gasteiger partial charge in [-0.1, -0.05) is 30.3 Å². The van der Waals surface area contributed by atoms with Crippen LogP contribution in [0.3, 0.4) is 0 Å². The Morgan fingerprint density at radius 3 is 2.61 bits per heavy atom. The SMILES string of the molecule is O=C1OCC(c2ccccc2)C1CN1CCCC1. The minimum atomic E-state index is -0.0178. The van der Waals surface area contributed by atoms with Gasteiger partial charge in [-0.25, -0.2) is 0 Å². The van der Waals surface area contributed by atoms with E-state index < -0.39 is 0 Å². The number of hydrogen-bond donors (Lipinski definition) is 0. The van der Waals surface area contributed by atoms with Crippen molar-refractivity contribution in [2.45, 2.75) is 18.8 Å². The minimum Gasteiger partial charge on any atom is -0.465 e. The summed E-state index contributed by atoms with van der Waals surface area (Å²) < 4.78 is 5.28. The Labute approximate surface area is 108 Å². The molecule has 2 aliphatic rings. The zero-order valence-corrected chi connectivity index (χ0v) is 10.5. The van der Waals surface area contributed by atoms with Gasteiger partial charge in [0, 0.05) is 12.5 Å². The highest BCUT2D eigenvalue weighted by Gasteiger charge is 2.39. The summed E-state index contributed by atoms with van der Waals surface area (Å²) in [7, 11) is 0. The quantitative estimate of drug-likeness (QED) is 0.763. The molecule has 0 saturated carbocycles. The highest BCUT2D eigenvalue weighted by atomic mass is 16.5. The van der Waals surface area contributed by atoms with Crippen molar-refractivity contribution in [1.29, 1.82) is 0 Å². The molecular formula is C15H19NO2. The number of ether oxygens (including phenoxy) is 1. The lowest BCUT2D eigenvalue weighted by molar-refractivity contribution is -0.141. The molecule has 0 aliphatic carbocycles. The molecule has 0 bridgehead atoms. The number of hydrogen-bond acceptors (Lipinski definition) is 3. The van der Waals surface area contributed by atoms with Crippen LogP contribution in [0, 0.1) is 5.92 Å². The molecule has 3 heteroatoms. The zero-order valence-electron chi connectivity index (χ0n) is 10.5. The van der Waals surface area contributed by atoms with Gasteiger partial charge in [0.05, 0.1) is 12.5 Å².